The standard InChI is InChI=1S/C11H19N5O2/c1-11(2,7-12)10(18)15-8-4-14-16(5-8)6-9(17)13-3/h4-5H,6-7,12H2,1-3H3,(H,13,17)(H,15,18). The molecule has 0 saturated carbocycles. The van der Waals surface area contributed by atoms with Crippen molar-refractivity contribution in [2.75, 3.05) is 18.9 Å². The van der Waals surface area contributed by atoms with E-state index in [1.54, 1.807) is 27.1 Å². The molecule has 1 rings (SSSR count). The molecule has 1 heterocycles. The van der Waals surface area contributed by atoms with E-state index in [4.69, 9.17) is 5.73 Å². The first-order chi connectivity index (χ1) is 8.39. The summed E-state index contributed by atoms with van der Waals surface area (Å²) in [5, 5.41) is 9.18. The predicted molar refractivity (Wildman–Crippen MR) is 67.8 cm³/mol. The monoisotopic (exact) mass is 253 g/mol. The number of aromatic nitrogens is 2. The second-order valence-electron chi connectivity index (χ2n) is 4.64. The molecule has 7 heteroatoms. The lowest BCUT2D eigenvalue weighted by molar-refractivity contribution is -0.123. The van der Waals surface area contributed by atoms with E-state index >= 15 is 0 Å². The summed E-state index contributed by atoms with van der Waals surface area (Å²) < 4.78 is 1.45. The van der Waals surface area contributed by atoms with Crippen LogP contribution in [0.2, 0.25) is 0 Å². The van der Waals surface area contributed by atoms with Crippen molar-refractivity contribution >= 4 is 17.5 Å². The number of hydrogen-bond donors (Lipinski definition) is 3. The third-order valence-electron chi connectivity index (χ3n) is 2.60. The van der Waals surface area contributed by atoms with Crippen molar-refractivity contribution in [1.82, 2.24) is 15.1 Å². The van der Waals surface area contributed by atoms with Crippen molar-refractivity contribution in [1.29, 1.82) is 0 Å². The van der Waals surface area contributed by atoms with Gasteiger partial charge in [0.15, 0.2) is 0 Å². The zero-order valence-electron chi connectivity index (χ0n) is 10.9. The molecule has 0 radical (unpaired) electrons. The van der Waals surface area contributed by atoms with Crippen LogP contribution in [-0.2, 0) is 16.1 Å². The van der Waals surface area contributed by atoms with Gasteiger partial charge < -0.3 is 16.4 Å². The van der Waals surface area contributed by atoms with E-state index in [9.17, 15) is 9.59 Å². The number of nitrogens with zero attached hydrogens (tertiary/aromatic N) is 2. The number of amides is 2. The minimum Gasteiger partial charge on any atom is -0.358 e. The number of carbonyl (C=O) groups excluding carboxylic acids is 2. The number of nitrogens with two attached hydrogens (primary N) is 1. The second-order valence-corrected chi connectivity index (χ2v) is 4.64. The van der Waals surface area contributed by atoms with E-state index < -0.39 is 5.41 Å². The highest BCUT2D eigenvalue weighted by Crippen LogP contribution is 2.16. The summed E-state index contributed by atoms with van der Waals surface area (Å²) in [6.45, 7) is 3.90. The molecule has 100 valence electrons. The van der Waals surface area contributed by atoms with Gasteiger partial charge in [-0.05, 0) is 13.8 Å². The highest BCUT2D eigenvalue weighted by atomic mass is 16.2. The van der Waals surface area contributed by atoms with Crippen molar-refractivity contribution in [2.24, 2.45) is 11.1 Å². The zero-order valence-corrected chi connectivity index (χ0v) is 10.9. The van der Waals surface area contributed by atoms with Gasteiger partial charge in [-0.3, -0.25) is 14.3 Å². The molecular weight excluding hydrogens is 234 g/mol. The molecule has 0 aliphatic carbocycles. The van der Waals surface area contributed by atoms with Gasteiger partial charge in [0.1, 0.15) is 6.54 Å². The van der Waals surface area contributed by atoms with E-state index in [2.05, 4.69) is 15.7 Å². The van der Waals surface area contributed by atoms with Crippen molar-refractivity contribution < 1.29 is 9.59 Å². The SMILES string of the molecule is CNC(=O)Cn1cc(NC(=O)C(C)(C)CN)cn1. The summed E-state index contributed by atoms with van der Waals surface area (Å²) >= 11 is 0. The zero-order chi connectivity index (χ0) is 13.8. The van der Waals surface area contributed by atoms with Gasteiger partial charge in [0, 0.05) is 19.8 Å². The molecule has 0 atom stereocenters. The Hall–Kier alpha value is -1.89. The predicted octanol–water partition coefficient (Wildman–Crippen LogP) is -0.447. The van der Waals surface area contributed by atoms with Crippen molar-refractivity contribution in [3.63, 3.8) is 0 Å². The lowest BCUT2D eigenvalue weighted by Crippen LogP contribution is -2.37. The number of anilines is 1. The Morgan fingerprint density at radius 3 is 2.72 bits per heavy atom. The molecule has 1 aromatic heterocycles. The van der Waals surface area contributed by atoms with E-state index in [1.165, 1.54) is 10.9 Å². The molecule has 0 bridgehead atoms. The van der Waals surface area contributed by atoms with Gasteiger partial charge >= 0.3 is 0 Å². The molecule has 7 nitrogen and oxygen atoms in total. The number of likely N-dealkylation sites (N-methyl/N-ethyl adjacent to an activating group) is 1. The molecule has 0 spiro atoms. The summed E-state index contributed by atoms with van der Waals surface area (Å²) in [6, 6.07) is 0. The summed E-state index contributed by atoms with van der Waals surface area (Å²) in [7, 11) is 1.55. The first-order valence-corrected chi connectivity index (χ1v) is 5.63. The van der Waals surface area contributed by atoms with Crippen LogP contribution in [0.1, 0.15) is 13.8 Å². The van der Waals surface area contributed by atoms with E-state index in [0.717, 1.165) is 0 Å². The van der Waals surface area contributed by atoms with E-state index in [0.29, 0.717) is 5.69 Å². The lowest BCUT2D eigenvalue weighted by atomic mass is 9.93. The highest BCUT2D eigenvalue weighted by Gasteiger charge is 2.26. The van der Waals surface area contributed by atoms with Crippen LogP contribution in [0.15, 0.2) is 12.4 Å². The lowest BCUT2D eigenvalue weighted by Gasteiger charge is -2.20. The normalized spacial score (nSPS) is 11.1. The summed E-state index contributed by atoms with van der Waals surface area (Å²) in [5.74, 6) is -0.331. The maximum atomic E-state index is 11.8. The fraction of sp³-hybridized carbons (Fsp3) is 0.545. The van der Waals surface area contributed by atoms with Crippen LogP contribution in [0, 0.1) is 5.41 Å². The van der Waals surface area contributed by atoms with Gasteiger partial charge in [-0.15, -0.1) is 0 Å². The quantitative estimate of drug-likeness (QED) is 0.661. The first kappa shape index (κ1) is 14.2. The second kappa shape index (κ2) is 5.63. The van der Waals surface area contributed by atoms with Crippen molar-refractivity contribution in [2.45, 2.75) is 20.4 Å². The summed E-state index contributed by atoms with van der Waals surface area (Å²) in [4.78, 5) is 23.0. The first-order valence-electron chi connectivity index (χ1n) is 5.63. The molecule has 0 aliphatic heterocycles. The van der Waals surface area contributed by atoms with E-state index in [-0.39, 0.29) is 24.9 Å². The maximum Gasteiger partial charge on any atom is 0.241 e. The number of rotatable bonds is 5. The molecule has 2 amide bonds. The Morgan fingerprint density at radius 2 is 2.17 bits per heavy atom. The fourth-order valence-electron chi connectivity index (χ4n) is 1.13. The van der Waals surface area contributed by atoms with Gasteiger partial charge in [0.25, 0.3) is 0 Å². The molecule has 0 saturated heterocycles. The Bertz CT molecular complexity index is 438. The van der Waals surface area contributed by atoms with Crippen LogP contribution < -0.4 is 16.4 Å². The van der Waals surface area contributed by atoms with Gasteiger partial charge in [-0.2, -0.15) is 5.10 Å². The van der Waals surface area contributed by atoms with Gasteiger partial charge in [-0.25, -0.2) is 0 Å². The topological polar surface area (TPSA) is 102 Å². The van der Waals surface area contributed by atoms with E-state index in [1.807, 2.05) is 0 Å². The Balaban J connectivity index is 2.64. The van der Waals surface area contributed by atoms with Gasteiger partial charge in [0.05, 0.1) is 17.3 Å². The number of carbonyl (C=O) groups is 2. The Labute approximate surface area is 106 Å². The molecule has 0 aromatic carbocycles. The Morgan fingerprint density at radius 1 is 1.50 bits per heavy atom. The summed E-state index contributed by atoms with van der Waals surface area (Å²) in [5.41, 5.74) is 5.43. The minimum absolute atomic E-state index is 0.118. The summed E-state index contributed by atoms with van der Waals surface area (Å²) in [6.07, 6.45) is 3.09. The average Bonchev–Trinajstić information content (AvgIpc) is 2.76. The van der Waals surface area contributed by atoms with Crippen LogP contribution in [0.25, 0.3) is 0 Å². The highest BCUT2D eigenvalue weighted by molar-refractivity contribution is 5.94. The molecule has 4 N–H and O–H groups in total. The molecular formula is C11H19N5O2. The third kappa shape index (κ3) is 3.56. The van der Waals surface area contributed by atoms with Gasteiger partial charge in [0.2, 0.25) is 11.8 Å². The van der Waals surface area contributed by atoms with Crippen LogP contribution >= 0.6 is 0 Å². The molecule has 0 aliphatic rings. The molecule has 0 unspecified atom stereocenters. The number of nitrogens with one attached hydrogen (secondary N) is 2. The van der Waals surface area contributed by atoms with Gasteiger partial charge in [-0.1, -0.05) is 0 Å². The molecule has 0 fully saturated rings. The van der Waals surface area contributed by atoms with Crippen LogP contribution in [0.5, 0.6) is 0 Å². The van der Waals surface area contributed by atoms with Crippen LogP contribution in [-0.4, -0.2) is 35.2 Å². The smallest absolute Gasteiger partial charge is 0.241 e. The van der Waals surface area contributed by atoms with Crippen LogP contribution in [0.3, 0.4) is 0 Å². The molecule has 18 heavy (non-hydrogen) atoms. The third-order valence-corrected chi connectivity index (χ3v) is 2.60. The van der Waals surface area contributed by atoms with Crippen molar-refractivity contribution in [3.8, 4) is 0 Å². The van der Waals surface area contributed by atoms with Crippen LogP contribution in [0.4, 0.5) is 5.69 Å². The average molecular weight is 253 g/mol. The largest absolute Gasteiger partial charge is 0.358 e. The molecule has 1 aromatic rings. The maximum absolute atomic E-state index is 11.8. The van der Waals surface area contributed by atoms with Crippen molar-refractivity contribution in [3.05, 3.63) is 12.4 Å². The number of hydrogen-bond acceptors (Lipinski definition) is 4. The Kier molecular flexibility index (Phi) is 4.43. The minimum atomic E-state index is -0.636. The fourth-order valence-corrected chi connectivity index (χ4v) is 1.13.